The minimum Gasteiger partial charge on any atom is -0.348 e. The van der Waals surface area contributed by atoms with Gasteiger partial charge in [0.2, 0.25) is 0 Å². The molecule has 1 aromatic carbocycles. The largest absolute Gasteiger partial charge is 0.348 e. The fourth-order valence-corrected chi connectivity index (χ4v) is 2.93. The van der Waals surface area contributed by atoms with Crippen LogP contribution in [-0.2, 0) is 0 Å². The summed E-state index contributed by atoms with van der Waals surface area (Å²) in [6.07, 6.45) is 2.17. The van der Waals surface area contributed by atoms with E-state index in [1.54, 1.807) is 24.3 Å². The summed E-state index contributed by atoms with van der Waals surface area (Å²) in [4.78, 5) is 31.1. The Bertz CT molecular complexity index is 854. The van der Waals surface area contributed by atoms with Crippen LogP contribution in [-0.4, -0.2) is 21.9 Å². The molecule has 2 aromatic rings. The summed E-state index contributed by atoms with van der Waals surface area (Å²) in [6, 6.07) is 10.1. The van der Waals surface area contributed by atoms with Crippen molar-refractivity contribution in [1.82, 2.24) is 15.3 Å². The van der Waals surface area contributed by atoms with Crippen LogP contribution in [0.3, 0.4) is 0 Å². The molecule has 24 heavy (non-hydrogen) atoms. The fourth-order valence-electron chi connectivity index (χ4n) is 2.81. The summed E-state index contributed by atoms with van der Waals surface area (Å²) in [5, 5.41) is 12.3. The molecule has 0 bridgehead atoms. The zero-order valence-corrected chi connectivity index (χ0v) is 13.5. The molecule has 122 valence electrons. The van der Waals surface area contributed by atoms with Gasteiger partial charge in [-0.2, -0.15) is 5.26 Å². The van der Waals surface area contributed by atoms with E-state index in [0.717, 1.165) is 12.8 Å². The third-order valence-electron chi connectivity index (χ3n) is 4.04. The van der Waals surface area contributed by atoms with E-state index >= 15 is 0 Å². The lowest BCUT2D eigenvalue weighted by Gasteiger charge is -2.12. The number of nitrogens with one attached hydrogen (secondary N) is 2. The average molecular weight is 343 g/mol. The lowest BCUT2D eigenvalue weighted by Crippen LogP contribution is -2.34. The number of halogens is 1. The zero-order chi connectivity index (χ0) is 17.1. The van der Waals surface area contributed by atoms with E-state index in [1.807, 2.05) is 0 Å². The number of carbonyl (C=O) groups is 1. The predicted octanol–water partition coefficient (Wildman–Crippen LogP) is 2.51. The van der Waals surface area contributed by atoms with Gasteiger partial charge in [0.05, 0.1) is 6.07 Å². The number of amides is 1. The molecule has 2 atom stereocenters. The number of rotatable bonds is 3. The summed E-state index contributed by atoms with van der Waals surface area (Å²) < 4.78 is 0. The van der Waals surface area contributed by atoms with Crippen LogP contribution in [0, 0.1) is 17.2 Å². The molecule has 1 heterocycles. The van der Waals surface area contributed by atoms with Gasteiger partial charge in [0.15, 0.2) is 0 Å². The normalized spacial score (nSPS) is 19.7. The molecule has 7 heteroatoms. The number of benzene rings is 1. The Morgan fingerprint density at radius 3 is 2.75 bits per heavy atom. The maximum absolute atomic E-state index is 12.4. The summed E-state index contributed by atoms with van der Waals surface area (Å²) in [5.74, 6) is -0.113. The highest BCUT2D eigenvalue weighted by Gasteiger charge is 2.26. The van der Waals surface area contributed by atoms with E-state index in [1.165, 1.54) is 6.07 Å². The number of carbonyl (C=O) groups excluding carboxylic acids is 1. The monoisotopic (exact) mass is 342 g/mol. The number of hydrogen-bond acceptors (Lipinski definition) is 4. The van der Waals surface area contributed by atoms with Crippen LogP contribution in [0.15, 0.2) is 35.1 Å². The molecule has 0 aliphatic heterocycles. The predicted molar refractivity (Wildman–Crippen MR) is 89.5 cm³/mol. The average Bonchev–Trinajstić information content (AvgIpc) is 3.02. The van der Waals surface area contributed by atoms with Crippen molar-refractivity contribution < 1.29 is 4.79 Å². The molecule has 1 aliphatic carbocycles. The number of aromatic nitrogens is 2. The Labute approximate surface area is 143 Å². The highest BCUT2D eigenvalue weighted by Crippen LogP contribution is 2.25. The SMILES string of the molecule is N#CC1CCC(NC(=O)c2cc(=O)[nH]c(-c3ccc(Cl)cc3)n2)C1. The molecule has 1 aliphatic rings. The van der Waals surface area contributed by atoms with E-state index in [4.69, 9.17) is 16.9 Å². The molecular weight excluding hydrogens is 328 g/mol. The highest BCUT2D eigenvalue weighted by atomic mass is 35.5. The Balaban J connectivity index is 1.81. The number of H-pyrrole nitrogens is 1. The van der Waals surface area contributed by atoms with Crippen molar-refractivity contribution in [1.29, 1.82) is 5.26 Å². The van der Waals surface area contributed by atoms with Crippen LogP contribution >= 0.6 is 11.6 Å². The van der Waals surface area contributed by atoms with Crippen molar-refractivity contribution in [3.63, 3.8) is 0 Å². The Hall–Kier alpha value is -2.65. The van der Waals surface area contributed by atoms with E-state index in [-0.39, 0.29) is 17.7 Å². The molecule has 0 spiro atoms. The van der Waals surface area contributed by atoms with Gasteiger partial charge in [-0.3, -0.25) is 9.59 Å². The fraction of sp³-hybridized carbons (Fsp3) is 0.294. The van der Waals surface area contributed by atoms with Crippen LogP contribution in [0.5, 0.6) is 0 Å². The summed E-state index contributed by atoms with van der Waals surface area (Å²) in [7, 11) is 0. The summed E-state index contributed by atoms with van der Waals surface area (Å²) in [5.41, 5.74) is 0.321. The maximum atomic E-state index is 12.4. The third-order valence-corrected chi connectivity index (χ3v) is 4.29. The second kappa shape index (κ2) is 6.85. The first-order chi connectivity index (χ1) is 11.5. The second-order valence-corrected chi connectivity index (χ2v) is 6.23. The quantitative estimate of drug-likeness (QED) is 0.895. The van der Waals surface area contributed by atoms with E-state index < -0.39 is 11.5 Å². The molecular formula is C17H15ClN4O2. The van der Waals surface area contributed by atoms with Gasteiger partial charge in [0, 0.05) is 28.6 Å². The molecule has 1 aromatic heterocycles. The van der Waals surface area contributed by atoms with Crippen molar-refractivity contribution in [3.8, 4) is 17.5 Å². The van der Waals surface area contributed by atoms with Gasteiger partial charge in [-0.1, -0.05) is 11.6 Å². The highest BCUT2D eigenvalue weighted by molar-refractivity contribution is 6.30. The van der Waals surface area contributed by atoms with Gasteiger partial charge in [-0.15, -0.1) is 0 Å². The Morgan fingerprint density at radius 1 is 1.33 bits per heavy atom. The Kier molecular flexibility index (Phi) is 4.63. The van der Waals surface area contributed by atoms with Crippen LogP contribution in [0.4, 0.5) is 0 Å². The van der Waals surface area contributed by atoms with Crippen LogP contribution in [0.1, 0.15) is 29.8 Å². The molecule has 6 nitrogen and oxygen atoms in total. The zero-order valence-electron chi connectivity index (χ0n) is 12.8. The van der Waals surface area contributed by atoms with Crippen molar-refractivity contribution >= 4 is 17.5 Å². The first-order valence-corrected chi connectivity index (χ1v) is 8.01. The molecule has 0 saturated heterocycles. The summed E-state index contributed by atoms with van der Waals surface area (Å²) in [6.45, 7) is 0. The molecule has 0 radical (unpaired) electrons. The van der Waals surface area contributed by atoms with Crippen molar-refractivity contribution in [2.24, 2.45) is 5.92 Å². The van der Waals surface area contributed by atoms with Gasteiger partial charge in [0.1, 0.15) is 11.5 Å². The van der Waals surface area contributed by atoms with Crippen LogP contribution in [0.2, 0.25) is 5.02 Å². The van der Waals surface area contributed by atoms with Crippen molar-refractivity contribution in [3.05, 3.63) is 51.4 Å². The van der Waals surface area contributed by atoms with E-state index in [9.17, 15) is 9.59 Å². The van der Waals surface area contributed by atoms with Crippen molar-refractivity contribution in [2.75, 3.05) is 0 Å². The molecule has 2 unspecified atom stereocenters. The number of nitriles is 1. The maximum Gasteiger partial charge on any atom is 0.270 e. The van der Waals surface area contributed by atoms with Crippen molar-refractivity contribution in [2.45, 2.75) is 25.3 Å². The lowest BCUT2D eigenvalue weighted by molar-refractivity contribution is 0.0932. The molecule has 3 rings (SSSR count). The van der Waals surface area contributed by atoms with Crippen LogP contribution in [0.25, 0.3) is 11.4 Å². The van der Waals surface area contributed by atoms with Gasteiger partial charge in [0.25, 0.3) is 11.5 Å². The third kappa shape index (κ3) is 3.63. The molecule has 2 N–H and O–H groups in total. The summed E-state index contributed by atoms with van der Waals surface area (Å²) >= 11 is 5.85. The molecule has 1 fully saturated rings. The lowest BCUT2D eigenvalue weighted by atomic mass is 10.1. The topological polar surface area (TPSA) is 98.6 Å². The molecule has 1 amide bonds. The number of hydrogen-bond donors (Lipinski definition) is 2. The first-order valence-electron chi connectivity index (χ1n) is 7.63. The standard InChI is InChI=1S/C17H15ClN4O2/c18-12-4-2-11(3-5-12)16-21-14(8-15(23)22-16)17(24)20-13-6-1-10(7-13)9-19/h2-5,8,10,13H,1,6-7H2,(H,20,24)(H,21,22,23). The van der Waals surface area contributed by atoms with E-state index in [0.29, 0.717) is 22.8 Å². The number of nitrogens with zero attached hydrogens (tertiary/aromatic N) is 2. The van der Waals surface area contributed by atoms with E-state index in [2.05, 4.69) is 21.4 Å². The van der Waals surface area contributed by atoms with Gasteiger partial charge < -0.3 is 10.3 Å². The molecule has 1 saturated carbocycles. The minimum atomic E-state index is -0.403. The van der Waals surface area contributed by atoms with Crippen LogP contribution < -0.4 is 10.9 Å². The number of aromatic amines is 1. The first kappa shape index (κ1) is 16.2. The second-order valence-electron chi connectivity index (χ2n) is 5.80. The minimum absolute atomic E-state index is 0.0212. The Morgan fingerprint density at radius 2 is 2.08 bits per heavy atom. The smallest absolute Gasteiger partial charge is 0.270 e. The van der Waals surface area contributed by atoms with Gasteiger partial charge in [-0.05, 0) is 43.5 Å². The van der Waals surface area contributed by atoms with Gasteiger partial charge >= 0.3 is 0 Å². The van der Waals surface area contributed by atoms with Gasteiger partial charge in [-0.25, -0.2) is 4.98 Å².